The summed E-state index contributed by atoms with van der Waals surface area (Å²) in [4.78, 5) is 27.4. The van der Waals surface area contributed by atoms with Gasteiger partial charge in [-0.25, -0.2) is 8.78 Å². The minimum absolute atomic E-state index is 0.0798. The third-order valence-corrected chi connectivity index (χ3v) is 4.67. The Bertz CT molecular complexity index is 859. The summed E-state index contributed by atoms with van der Waals surface area (Å²) in [7, 11) is 0. The topological polar surface area (TPSA) is 49.9 Å². The van der Waals surface area contributed by atoms with Crippen LogP contribution in [-0.4, -0.2) is 47.4 Å². The molecule has 1 unspecified atom stereocenters. The van der Waals surface area contributed by atoms with Gasteiger partial charge in [-0.05, 0) is 23.8 Å². The maximum absolute atomic E-state index is 14.0. The van der Waals surface area contributed by atoms with E-state index in [-0.39, 0.29) is 56.2 Å². The molecule has 1 aliphatic rings. The molecular weight excluding hydrogens is 366 g/mol. The van der Waals surface area contributed by atoms with Gasteiger partial charge in [-0.1, -0.05) is 30.3 Å². The minimum Gasteiger partial charge on any atom is -0.370 e. The molecule has 2 amide bonds. The molecular formula is C21H22F2N2O3. The SMILES string of the molecule is CC(=O)N1CC(=O)N(Cc2ccccc2F)CC(OCc2cccc(F)c2)C1. The average Bonchev–Trinajstić information content (AvgIpc) is 2.81. The van der Waals surface area contributed by atoms with Gasteiger partial charge in [0.25, 0.3) is 0 Å². The molecule has 0 bridgehead atoms. The maximum Gasteiger partial charge on any atom is 0.242 e. The molecule has 0 aliphatic carbocycles. The molecule has 1 heterocycles. The summed E-state index contributed by atoms with van der Waals surface area (Å²) in [6.07, 6.45) is -0.467. The van der Waals surface area contributed by atoms with Crippen LogP contribution in [-0.2, 0) is 27.5 Å². The summed E-state index contributed by atoms with van der Waals surface area (Å²) in [5.41, 5.74) is 1.06. The zero-order chi connectivity index (χ0) is 20.1. The van der Waals surface area contributed by atoms with E-state index >= 15 is 0 Å². The highest BCUT2D eigenvalue weighted by molar-refractivity contribution is 5.84. The second kappa shape index (κ2) is 8.93. The fraction of sp³-hybridized carbons (Fsp3) is 0.333. The monoisotopic (exact) mass is 388 g/mol. The molecule has 148 valence electrons. The first-order valence-corrected chi connectivity index (χ1v) is 9.05. The van der Waals surface area contributed by atoms with E-state index in [0.717, 1.165) is 0 Å². The smallest absolute Gasteiger partial charge is 0.242 e. The molecule has 0 aromatic heterocycles. The third-order valence-electron chi connectivity index (χ3n) is 4.67. The molecule has 0 saturated carbocycles. The number of ether oxygens (including phenoxy) is 1. The van der Waals surface area contributed by atoms with Crippen LogP contribution in [0.25, 0.3) is 0 Å². The van der Waals surface area contributed by atoms with Gasteiger partial charge in [0.05, 0.1) is 19.3 Å². The first-order valence-electron chi connectivity index (χ1n) is 9.05. The van der Waals surface area contributed by atoms with Crippen LogP contribution in [0.5, 0.6) is 0 Å². The quantitative estimate of drug-likeness (QED) is 0.792. The van der Waals surface area contributed by atoms with Crippen LogP contribution >= 0.6 is 0 Å². The molecule has 0 N–H and O–H groups in total. The normalized spacial score (nSPS) is 17.5. The first-order chi connectivity index (χ1) is 13.4. The van der Waals surface area contributed by atoms with E-state index in [1.165, 1.54) is 34.9 Å². The zero-order valence-corrected chi connectivity index (χ0v) is 15.6. The van der Waals surface area contributed by atoms with Gasteiger partial charge in [0.1, 0.15) is 11.6 Å². The molecule has 2 aromatic rings. The van der Waals surface area contributed by atoms with Crippen LogP contribution in [0.15, 0.2) is 48.5 Å². The highest BCUT2D eigenvalue weighted by Gasteiger charge is 2.30. The molecule has 3 rings (SSSR count). The molecule has 0 radical (unpaired) electrons. The molecule has 1 fully saturated rings. The van der Waals surface area contributed by atoms with E-state index in [1.54, 1.807) is 30.3 Å². The summed E-state index contributed by atoms with van der Waals surface area (Å²) >= 11 is 0. The lowest BCUT2D eigenvalue weighted by molar-refractivity contribution is -0.137. The lowest BCUT2D eigenvalue weighted by atomic mass is 10.2. The van der Waals surface area contributed by atoms with Crippen molar-refractivity contribution < 1.29 is 23.1 Å². The summed E-state index contributed by atoms with van der Waals surface area (Å²) in [5, 5.41) is 0. The number of carbonyl (C=O) groups excluding carboxylic acids is 2. The van der Waals surface area contributed by atoms with E-state index in [4.69, 9.17) is 4.74 Å². The Balaban J connectivity index is 1.74. The number of benzene rings is 2. The van der Waals surface area contributed by atoms with Crippen molar-refractivity contribution in [3.63, 3.8) is 0 Å². The molecule has 2 aromatic carbocycles. The Hall–Kier alpha value is -2.80. The highest BCUT2D eigenvalue weighted by atomic mass is 19.1. The Morgan fingerprint density at radius 3 is 2.64 bits per heavy atom. The fourth-order valence-electron chi connectivity index (χ4n) is 3.15. The Morgan fingerprint density at radius 1 is 1.14 bits per heavy atom. The van der Waals surface area contributed by atoms with E-state index in [1.807, 2.05) is 0 Å². The van der Waals surface area contributed by atoms with Gasteiger partial charge in [-0.15, -0.1) is 0 Å². The van der Waals surface area contributed by atoms with Crippen molar-refractivity contribution >= 4 is 11.8 Å². The fourth-order valence-corrected chi connectivity index (χ4v) is 3.15. The second-order valence-electron chi connectivity index (χ2n) is 6.83. The lowest BCUT2D eigenvalue weighted by Gasteiger charge is -2.25. The van der Waals surface area contributed by atoms with Gasteiger partial charge in [-0.3, -0.25) is 9.59 Å². The molecule has 0 spiro atoms. The molecule has 1 atom stereocenters. The van der Waals surface area contributed by atoms with Crippen LogP contribution in [0.2, 0.25) is 0 Å². The van der Waals surface area contributed by atoms with E-state index in [2.05, 4.69) is 0 Å². The second-order valence-corrected chi connectivity index (χ2v) is 6.83. The molecule has 1 saturated heterocycles. The van der Waals surface area contributed by atoms with Crippen molar-refractivity contribution in [1.29, 1.82) is 0 Å². The standard InChI is InChI=1S/C21H22F2N2O3/c1-15(26)24-11-19(28-14-16-5-4-7-18(22)9-16)12-25(21(27)13-24)10-17-6-2-3-8-20(17)23/h2-9,19H,10-14H2,1H3. The molecule has 5 nitrogen and oxygen atoms in total. The lowest BCUT2D eigenvalue weighted by Crippen LogP contribution is -2.38. The summed E-state index contributed by atoms with van der Waals surface area (Å²) in [6, 6.07) is 12.3. The van der Waals surface area contributed by atoms with Crippen molar-refractivity contribution in [1.82, 2.24) is 9.80 Å². The predicted octanol–water partition coefficient (Wildman–Crippen LogP) is 2.74. The van der Waals surface area contributed by atoms with Crippen LogP contribution in [0.3, 0.4) is 0 Å². The number of halogens is 2. The summed E-state index contributed by atoms with van der Waals surface area (Å²) in [5.74, 6) is -1.25. The van der Waals surface area contributed by atoms with E-state index in [9.17, 15) is 18.4 Å². The number of hydrogen-bond donors (Lipinski definition) is 0. The van der Waals surface area contributed by atoms with Gasteiger partial charge in [0.15, 0.2) is 0 Å². The van der Waals surface area contributed by atoms with Crippen LogP contribution < -0.4 is 0 Å². The van der Waals surface area contributed by atoms with E-state index in [0.29, 0.717) is 11.1 Å². The van der Waals surface area contributed by atoms with Crippen LogP contribution in [0, 0.1) is 11.6 Å². The van der Waals surface area contributed by atoms with Crippen molar-refractivity contribution in [2.45, 2.75) is 26.2 Å². The van der Waals surface area contributed by atoms with Crippen molar-refractivity contribution in [2.24, 2.45) is 0 Å². The van der Waals surface area contributed by atoms with E-state index < -0.39 is 6.10 Å². The molecule has 28 heavy (non-hydrogen) atoms. The number of rotatable bonds is 5. The van der Waals surface area contributed by atoms with Gasteiger partial charge in [-0.2, -0.15) is 0 Å². The first kappa shape index (κ1) is 19.9. The number of nitrogens with zero attached hydrogens (tertiary/aromatic N) is 2. The van der Waals surface area contributed by atoms with Gasteiger partial charge in [0, 0.05) is 32.1 Å². The number of hydrogen-bond acceptors (Lipinski definition) is 3. The largest absolute Gasteiger partial charge is 0.370 e. The number of carbonyl (C=O) groups is 2. The zero-order valence-electron chi connectivity index (χ0n) is 15.6. The minimum atomic E-state index is -0.467. The predicted molar refractivity (Wildman–Crippen MR) is 99.0 cm³/mol. The summed E-state index contributed by atoms with van der Waals surface area (Å²) < 4.78 is 33.3. The highest BCUT2D eigenvalue weighted by Crippen LogP contribution is 2.16. The maximum atomic E-state index is 14.0. The molecule has 1 aliphatic heterocycles. The number of amides is 2. The van der Waals surface area contributed by atoms with Crippen LogP contribution in [0.1, 0.15) is 18.1 Å². The van der Waals surface area contributed by atoms with Crippen molar-refractivity contribution in [2.75, 3.05) is 19.6 Å². The molecule has 7 heteroatoms. The summed E-state index contributed by atoms with van der Waals surface area (Å²) in [6.45, 7) is 2.01. The van der Waals surface area contributed by atoms with Crippen molar-refractivity contribution in [3.05, 3.63) is 71.3 Å². The average molecular weight is 388 g/mol. The van der Waals surface area contributed by atoms with Gasteiger partial charge >= 0.3 is 0 Å². The van der Waals surface area contributed by atoms with Crippen LogP contribution in [0.4, 0.5) is 8.78 Å². The third kappa shape index (κ3) is 5.13. The van der Waals surface area contributed by atoms with Gasteiger partial charge in [0.2, 0.25) is 11.8 Å². The Labute approximate surface area is 162 Å². The van der Waals surface area contributed by atoms with Gasteiger partial charge < -0.3 is 14.5 Å². The Morgan fingerprint density at radius 2 is 1.93 bits per heavy atom. The Kier molecular flexibility index (Phi) is 6.36. The van der Waals surface area contributed by atoms with Crippen molar-refractivity contribution in [3.8, 4) is 0 Å².